The number of nitrogens with zero attached hydrogens (tertiary/aromatic N) is 7. The Kier molecular flexibility index (Phi) is 10.1. The van der Waals surface area contributed by atoms with E-state index < -0.39 is 5.54 Å². The van der Waals surface area contributed by atoms with E-state index in [9.17, 15) is 9.59 Å². The quantitative estimate of drug-likeness (QED) is 0.312. The summed E-state index contributed by atoms with van der Waals surface area (Å²) >= 11 is 12.7. The van der Waals surface area contributed by atoms with E-state index in [2.05, 4.69) is 14.9 Å². The minimum Gasteiger partial charge on any atom is -0.353 e. The molecule has 11 nitrogen and oxygen atoms in total. The van der Waals surface area contributed by atoms with Crippen LogP contribution in [0.3, 0.4) is 0 Å². The molecule has 0 N–H and O–H groups in total. The molecule has 0 aliphatic carbocycles. The number of amides is 2. The fraction of sp³-hybridized carbons (Fsp3) is 0.258. The van der Waals surface area contributed by atoms with Gasteiger partial charge in [-0.3, -0.25) is 14.2 Å². The molecule has 0 radical (unpaired) electrons. The predicted octanol–water partition coefficient (Wildman–Crippen LogP) is 4.58. The average Bonchev–Trinajstić information content (AvgIpc) is 3.57. The largest absolute Gasteiger partial charge is 0.353 e. The van der Waals surface area contributed by atoms with Gasteiger partial charge in [0.25, 0.3) is 5.91 Å². The molecule has 2 amide bonds. The molecule has 2 aliphatic heterocycles. The Bertz CT molecular complexity index is 1600. The highest BCUT2D eigenvalue weighted by Crippen LogP contribution is 2.45. The Labute approximate surface area is 265 Å². The number of imidazole rings is 1. The maximum Gasteiger partial charge on any atom is 0.260 e. The summed E-state index contributed by atoms with van der Waals surface area (Å²) in [5, 5.41) is 0.867. The van der Waals surface area contributed by atoms with Crippen molar-refractivity contribution in [1.82, 2.24) is 24.4 Å². The van der Waals surface area contributed by atoms with Gasteiger partial charge in [-0.1, -0.05) is 47.5 Å². The standard InChI is InChI=1S/C29H27Cl2N7O2.2CH2O/c1-19(39)35-7-9-36(10-8-35)26-17-34-28-37(25-12-23(30)11-24(31)13-25)27(40)29(2,38(26)28)14-20-3-5-21(6-4-20)22-15-32-18-33-16-22;2*1-2/h3-6,11-13,15-18H,7-10,14H2,1-2H3;2*1H2/t29-;;/m1../s1. The molecule has 0 unspecified atom stereocenters. The highest BCUT2D eigenvalue weighted by atomic mass is 35.5. The average molecular weight is 637 g/mol. The first-order valence-electron chi connectivity index (χ1n) is 13.6. The van der Waals surface area contributed by atoms with Crippen LogP contribution < -0.4 is 9.80 Å². The van der Waals surface area contributed by atoms with Crippen molar-refractivity contribution in [2.24, 2.45) is 0 Å². The maximum atomic E-state index is 14.3. The van der Waals surface area contributed by atoms with Crippen molar-refractivity contribution in [2.45, 2.75) is 25.8 Å². The van der Waals surface area contributed by atoms with Crippen LogP contribution in [0, 0.1) is 0 Å². The second-order valence-corrected chi connectivity index (χ2v) is 11.2. The number of rotatable bonds is 5. The smallest absolute Gasteiger partial charge is 0.260 e. The third kappa shape index (κ3) is 6.20. The van der Waals surface area contributed by atoms with Crippen molar-refractivity contribution >= 4 is 66.0 Å². The van der Waals surface area contributed by atoms with Gasteiger partial charge in [-0.2, -0.15) is 0 Å². The number of piperazine rings is 1. The second-order valence-electron chi connectivity index (χ2n) is 10.3. The molecule has 4 heterocycles. The number of anilines is 3. The van der Waals surface area contributed by atoms with Crippen LogP contribution >= 0.6 is 23.2 Å². The van der Waals surface area contributed by atoms with Gasteiger partial charge in [-0.15, -0.1) is 0 Å². The summed E-state index contributed by atoms with van der Waals surface area (Å²) in [5.74, 6) is 1.28. The molecule has 1 atom stereocenters. The molecule has 4 aromatic rings. The summed E-state index contributed by atoms with van der Waals surface area (Å²) < 4.78 is 2.02. The number of carbonyl (C=O) groups is 4. The fourth-order valence-corrected chi connectivity index (χ4v) is 6.10. The molecule has 1 saturated heterocycles. The van der Waals surface area contributed by atoms with Crippen LogP contribution in [0.15, 0.2) is 67.4 Å². The number of fused-ring (bicyclic) bond motifs is 1. The lowest BCUT2D eigenvalue weighted by Gasteiger charge is -2.37. The van der Waals surface area contributed by atoms with Crippen molar-refractivity contribution in [3.63, 3.8) is 0 Å². The maximum absolute atomic E-state index is 14.3. The van der Waals surface area contributed by atoms with E-state index in [4.69, 9.17) is 37.8 Å². The van der Waals surface area contributed by atoms with Gasteiger partial charge in [-0.05, 0) is 36.2 Å². The van der Waals surface area contributed by atoms with Gasteiger partial charge in [0.2, 0.25) is 11.9 Å². The molecule has 44 heavy (non-hydrogen) atoms. The van der Waals surface area contributed by atoms with Crippen LogP contribution in [-0.2, 0) is 31.1 Å². The zero-order valence-electron chi connectivity index (χ0n) is 24.3. The van der Waals surface area contributed by atoms with Gasteiger partial charge >= 0.3 is 0 Å². The van der Waals surface area contributed by atoms with Gasteiger partial charge in [0.1, 0.15) is 31.3 Å². The van der Waals surface area contributed by atoms with E-state index >= 15 is 0 Å². The van der Waals surface area contributed by atoms with Crippen LogP contribution in [0.25, 0.3) is 11.1 Å². The number of hydrogen-bond donors (Lipinski definition) is 0. The Hall–Kier alpha value is -4.61. The SMILES string of the molecule is C=O.C=O.CC(=O)N1CCN(c2cnc3n2[C@](C)(Cc2ccc(-c4cncnc4)cc2)C(=O)N3c2cc(Cl)cc(Cl)c2)CC1. The summed E-state index contributed by atoms with van der Waals surface area (Å²) in [4.78, 5) is 60.8. The van der Waals surface area contributed by atoms with Crippen LogP contribution in [-0.4, -0.2) is 76.0 Å². The summed E-state index contributed by atoms with van der Waals surface area (Å²) in [5.41, 5.74) is 2.49. The summed E-state index contributed by atoms with van der Waals surface area (Å²) in [6, 6.07) is 13.2. The van der Waals surface area contributed by atoms with Gasteiger partial charge < -0.3 is 19.4 Å². The molecule has 13 heteroatoms. The fourth-order valence-electron chi connectivity index (χ4n) is 5.58. The number of benzene rings is 2. The number of halogens is 2. The molecule has 2 aliphatic rings. The van der Waals surface area contributed by atoms with E-state index in [1.165, 1.54) is 6.33 Å². The lowest BCUT2D eigenvalue weighted by Crippen LogP contribution is -2.49. The summed E-state index contributed by atoms with van der Waals surface area (Å²) in [6.45, 7) is 10.0. The lowest BCUT2D eigenvalue weighted by atomic mass is 9.91. The zero-order valence-corrected chi connectivity index (χ0v) is 25.8. The Morgan fingerprint density at radius 2 is 1.48 bits per heavy atom. The number of aromatic nitrogens is 4. The highest BCUT2D eigenvalue weighted by molar-refractivity contribution is 6.35. The topological polar surface area (TPSA) is 122 Å². The molecule has 0 spiro atoms. The van der Waals surface area contributed by atoms with E-state index in [0.29, 0.717) is 54.3 Å². The lowest BCUT2D eigenvalue weighted by molar-refractivity contribution is -0.129. The normalized spacial score (nSPS) is 17.3. The number of hydrogen-bond acceptors (Lipinski definition) is 8. The summed E-state index contributed by atoms with van der Waals surface area (Å²) in [6.07, 6.45) is 7.29. The molecule has 1 fully saturated rings. The minimum atomic E-state index is -0.981. The minimum absolute atomic E-state index is 0.0627. The van der Waals surface area contributed by atoms with Crippen LogP contribution in [0.4, 0.5) is 17.5 Å². The molecule has 2 aromatic carbocycles. The van der Waals surface area contributed by atoms with Crippen molar-refractivity contribution in [2.75, 3.05) is 36.0 Å². The van der Waals surface area contributed by atoms with Crippen LogP contribution in [0.2, 0.25) is 10.0 Å². The molecular weight excluding hydrogens is 605 g/mol. The first kappa shape index (κ1) is 32.3. The van der Waals surface area contributed by atoms with Crippen molar-refractivity contribution < 1.29 is 19.2 Å². The molecular formula is C31H31Cl2N7O4. The van der Waals surface area contributed by atoms with Crippen molar-refractivity contribution in [1.29, 1.82) is 0 Å². The molecule has 6 rings (SSSR count). The van der Waals surface area contributed by atoms with Crippen LogP contribution in [0.1, 0.15) is 19.4 Å². The third-order valence-electron chi connectivity index (χ3n) is 7.63. The molecule has 0 bridgehead atoms. The molecule has 228 valence electrons. The van der Waals surface area contributed by atoms with Gasteiger partial charge in [0.05, 0.1) is 11.9 Å². The highest BCUT2D eigenvalue weighted by Gasteiger charge is 2.51. The van der Waals surface area contributed by atoms with Gasteiger partial charge in [0.15, 0.2) is 0 Å². The Balaban J connectivity index is 0.00000106. The van der Waals surface area contributed by atoms with E-state index in [1.807, 2.05) is 54.2 Å². The van der Waals surface area contributed by atoms with E-state index in [0.717, 1.165) is 22.5 Å². The van der Waals surface area contributed by atoms with Gasteiger partial charge in [-0.25, -0.2) is 19.9 Å². The zero-order chi connectivity index (χ0) is 32.0. The van der Waals surface area contributed by atoms with Crippen molar-refractivity contribution in [3.05, 3.63) is 83.0 Å². The van der Waals surface area contributed by atoms with E-state index in [-0.39, 0.29) is 11.8 Å². The molecule has 2 aromatic heterocycles. The number of carbonyl (C=O) groups excluding carboxylic acids is 4. The Morgan fingerprint density at radius 1 is 0.886 bits per heavy atom. The second kappa shape index (κ2) is 13.8. The predicted molar refractivity (Wildman–Crippen MR) is 169 cm³/mol. The first-order valence-corrected chi connectivity index (χ1v) is 14.3. The van der Waals surface area contributed by atoms with Crippen molar-refractivity contribution in [3.8, 4) is 11.1 Å². The first-order chi connectivity index (χ1) is 21.2. The van der Waals surface area contributed by atoms with E-state index in [1.54, 1.807) is 48.6 Å². The monoisotopic (exact) mass is 635 g/mol. The summed E-state index contributed by atoms with van der Waals surface area (Å²) in [7, 11) is 0. The molecule has 0 saturated carbocycles. The van der Waals surface area contributed by atoms with Gasteiger partial charge in [0, 0.05) is 67.5 Å². The third-order valence-corrected chi connectivity index (χ3v) is 8.07. The Morgan fingerprint density at radius 3 is 2.05 bits per heavy atom. The van der Waals surface area contributed by atoms with Crippen LogP contribution in [0.5, 0.6) is 0 Å².